The van der Waals surface area contributed by atoms with E-state index in [9.17, 15) is 9.59 Å². The number of anilines is 1. The Morgan fingerprint density at radius 3 is 2.76 bits per heavy atom. The van der Waals surface area contributed by atoms with Crippen molar-refractivity contribution in [1.82, 2.24) is 14.6 Å². The fraction of sp³-hybridized carbons (Fsp3) is 0.0714. The first-order valence-corrected chi connectivity index (χ1v) is 7.27. The molecule has 0 aliphatic rings. The molecule has 2 N–H and O–H groups in total. The predicted molar refractivity (Wildman–Crippen MR) is 87.7 cm³/mol. The number of aryl methyl sites for hydroxylation is 1. The number of hydrogen-bond donors (Lipinski definition) is 2. The van der Waals surface area contributed by atoms with Crippen molar-refractivity contribution < 1.29 is 4.79 Å². The summed E-state index contributed by atoms with van der Waals surface area (Å²) in [6, 6.07) is 8.85. The number of carbonyl (C=O) groups is 1. The van der Waals surface area contributed by atoms with Crippen molar-refractivity contribution in [3.8, 4) is 0 Å². The number of H-pyrrole nitrogens is 1. The van der Waals surface area contributed by atoms with E-state index in [4.69, 9.17) is 0 Å². The number of aromatic amines is 1. The van der Waals surface area contributed by atoms with Crippen molar-refractivity contribution in [3.05, 3.63) is 61.7 Å². The molecule has 0 aliphatic carbocycles. The standard InChI is InChI=1S/C14H11IN4O2/c1-8-6-12(20)19-13(17-8)11(7-16-19)14(21)18-10-4-2-9(15)3-5-10/h2-7,16H,1H3,(H,18,21). The summed E-state index contributed by atoms with van der Waals surface area (Å²) in [6.07, 6.45) is 1.48. The molecule has 2 aromatic heterocycles. The van der Waals surface area contributed by atoms with Crippen LogP contribution in [0.25, 0.3) is 5.65 Å². The molecule has 6 nitrogen and oxygen atoms in total. The molecule has 3 aromatic rings. The van der Waals surface area contributed by atoms with Crippen molar-refractivity contribution in [2.24, 2.45) is 0 Å². The summed E-state index contributed by atoms with van der Waals surface area (Å²) in [5.41, 5.74) is 1.67. The lowest BCUT2D eigenvalue weighted by molar-refractivity contribution is 0.102. The minimum absolute atomic E-state index is 0.245. The van der Waals surface area contributed by atoms with E-state index in [0.717, 1.165) is 3.57 Å². The first kappa shape index (κ1) is 13.8. The summed E-state index contributed by atoms with van der Waals surface area (Å²) in [6.45, 7) is 1.72. The molecule has 0 spiro atoms. The van der Waals surface area contributed by atoms with Gasteiger partial charge in [0.15, 0.2) is 5.65 Å². The van der Waals surface area contributed by atoms with E-state index in [2.05, 4.69) is 38.0 Å². The van der Waals surface area contributed by atoms with Crippen LogP contribution in [0.5, 0.6) is 0 Å². The SMILES string of the molecule is Cc1cc(=O)n2[nH]cc(C(=O)Nc3ccc(I)cc3)c2n1. The zero-order valence-electron chi connectivity index (χ0n) is 11.1. The van der Waals surface area contributed by atoms with Crippen LogP contribution in [0.2, 0.25) is 0 Å². The molecule has 0 saturated heterocycles. The fourth-order valence-corrected chi connectivity index (χ4v) is 2.35. The van der Waals surface area contributed by atoms with Gasteiger partial charge in [0.25, 0.3) is 11.5 Å². The summed E-state index contributed by atoms with van der Waals surface area (Å²) in [4.78, 5) is 28.3. The number of halogens is 1. The van der Waals surface area contributed by atoms with Crippen LogP contribution in [-0.4, -0.2) is 20.5 Å². The van der Waals surface area contributed by atoms with Gasteiger partial charge in [-0.15, -0.1) is 0 Å². The molecule has 1 amide bonds. The Labute approximate surface area is 133 Å². The number of nitrogens with zero attached hydrogens (tertiary/aromatic N) is 2. The van der Waals surface area contributed by atoms with Crippen LogP contribution in [0.3, 0.4) is 0 Å². The Hall–Kier alpha value is -2.16. The average Bonchev–Trinajstić information content (AvgIpc) is 2.85. The first-order chi connectivity index (χ1) is 10.0. The van der Waals surface area contributed by atoms with E-state index >= 15 is 0 Å². The lowest BCUT2D eigenvalue weighted by atomic mass is 10.2. The zero-order valence-corrected chi connectivity index (χ0v) is 13.2. The molecule has 21 heavy (non-hydrogen) atoms. The van der Waals surface area contributed by atoms with Crippen molar-refractivity contribution in [2.75, 3.05) is 5.32 Å². The molecule has 0 bridgehead atoms. The number of aromatic nitrogens is 3. The van der Waals surface area contributed by atoms with E-state index in [1.807, 2.05) is 24.3 Å². The molecule has 0 aliphatic heterocycles. The number of nitrogens with one attached hydrogen (secondary N) is 2. The van der Waals surface area contributed by atoms with Gasteiger partial charge in [0, 0.05) is 27.2 Å². The van der Waals surface area contributed by atoms with Crippen LogP contribution >= 0.6 is 22.6 Å². The Balaban J connectivity index is 1.98. The van der Waals surface area contributed by atoms with Crippen LogP contribution in [0.4, 0.5) is 5.69 Å². The van der Waals surface area contributed by atoms with Crippen molar-refractivity contribution in [2.45, 2.75) is 6.92 Å². The monoisotopic (exact) mass is 394 g/mol. The first-order valence-electron chi connectivity index (χ1n) is 6.19. The smallest absolute Gasteiger partial charge is 0.272 e. The average molecular weight is 394 g/mol. The summed E-state index contributed by atoms with van der Waals surface area (Å²) < 4.78 is 2.33. The molecule has 0 radical (unpaired) electrons. The number of benzene rings is 1. The number of rotatable bonds is 2. The Morgan fingerprint density at radius 1 is 1.33 bits per heavy atom. The van der Waals surface area contributed by atoms with Gasteiger partial charge in [-0.05, 0) is 53.8 Å². The van der Waals surface area contributed by atoms with E-state index in [-0.39, 0.29) is 11.5 Å². The third-order valence-corrected chi connectivity index (χ3v) is 3.69. The van der Waals surface area contributed by atoms with Crippen LogP contribution in [-0.2, 0) is 0 Å². The van der Waals surface area contributed by atoms with Gasteiger partial charge in [-0.2, -0.15) is 0 Å². The third-order valence-electron chi connectivity index (χ3n) is 2.97. The molecule has 3 rings (SSSR count). The van der Waals surface area contributed by atoms with Crippen molar-refractivity contribution in [1.29, 1.82) is 0 Å². The van der Waals surface area contributed by atoms with Gasteiger partial charge in [-0.1, -0.05) is 0 Å². The van der Waals surface area contributed by atoms with Gasteiger partial charge in [0.1, 0.15) is 5.56 Å². The Bertz CT molecular complexity index is 880. The lowest BCUT2D eigenvalue weighted by Crippen LogP contribution is -2.16. The maximum atomic E-state index is 12.3. The summed E-state index contributed by atoms with van der Waals surface area (Å²) in [5.74, 6) is -0.313. The topological polar surface area (TPSA) is 79.3 Å². The lowest BCUT2D eigenvalue weighted by Gasteiger charge is -2.04. The van der Waals surface area contributed by atoms with E-state index < -0.39 is 0 Å². The highest BCUT2D eigenvalue weighted by Crippen LogP contribution is 2.14. The van der Waals surface area contributed by atoms with Crippen LogP contribution < -0.4 is 10.9 Å². The minimum Gasteiger partial charge on any atom is -0.322 e. The highest BCUT2D eigenvalue weighted by atomic mass is 127. The zero-order chi connectivity index (χ0) is 15.0. The summed E-state index contributed by atoms with van der Waals surface area (Å²) >= 11 is 2.19. The minimum atomic E-state index is -0.313. The molecular formula is C14H11IN4O2. The second kappa shape index (κ2) is 5.32. The summed E-state index contributed by atoms with van der Waals surface area (Å²) in [7, 11) is 0. The Kier molecular flexibility index (Phi) is 3.50. The Morgan fingerprint density at radius 2 is 2.05 bits per heavy atom. The number of fused-ring (bicyclic) bond motifs is 1. The van der Waals surface area contributed by atoms with E-state index in [0.29, 0.717) is 22.6 Å². The molecule has 0 atom stereocenters. The van der Waals surface area contributed by atoms with Gasteiger partial charge in [-0.3, -0.25) is 14.7 Å². The number of carbonyl (C=O) groups excluding carboxylic acids is 1. The van der Waals surface area contributed by atoms with Gasteiger partial charge in [0.05, 0.1) is 0 Å². The molecule has 106 valence electrons. The van der Waals surface area contributed by atoms with E-state index in [1.165, 1.54) is 16.8 Å². The number of amides is 1. The maximum Gasteiger partial charge on any atom is 0.272 e. The fourth-order valence-electron chi connectivity index (χ4n) is 1.99. The van der Waals surface area contributed by atoms with Crippen molar-refractivity contribution >= 4 is 39.8 Å². The highest BCUT2D eigenvalue weighted by molar-refractivity contribution is 14.1. The van der Waals surface area contributed by atoms with Crippen LogP contribution in [0.1, 0.15) is 16.1 Å². The molecule has 0 fully saturated rings. The molecule has 0 saturated carbocycles. The molecular weight excluding hydrogens is 383 g/mol. The molecule has 0 unspecified atom stereocenters. The molecule has 7 heteroatoms. The predicted octanol–water partition coefficient (Wildman–Crippen LogP) is 2.19. The quantitative estimate of drug-likeness (QED) is 0.655. The van der Waals surface area contributed by atoms with Gasteiger partial charge < -0.3 is 5.32 Å². The van der Waals surface area contributed by atoms with Crippen LogP contribution in [0.15, 0.2) is 41.3 Å². The third kappa shape index (κ3) is 2.68. The molecule has 2 heterocycles. The second-order valence-electron chi connectivity index (χ2n) is 4.54. The second-order valence-corrected chi connectivity index (χ2v) is 5.79. The van der Waals surface area contributed by atoms with Gasteiger partial charge in [-0.25, -0.2) is 9.50 Å². The largest absolute Gasteiger partial charge is 0.322 e. The van der Waals surface area contributed by atoms with E-state index in [1.54, 1.807) is 6.92 Å². The van der Waals surface area contributed by atoms with Crippen LogP contribution in [0, 0.1) is 10.5 Å². The normalized spacial score (nSPS) is 10.8. The highest BCUT2D eigenvalue weighted by Gasteiger charge is 2.15. The number of hydrogen-bond acceptors (Lipinski definition) is 3. The van der Waals surface area contributed by atoms with Gasteiger partial charge >= 0.3 is 0 Å². The summed E-state index contributed by atoms with van der Waals surface area (Å²) in [5, 5.41) is 5.52. The maximum absolute atomic E-state index is 12.3. The van der Waals surface area contributed by atoms with Crippen molar-refractivity contribution in [3.63, 3.8) is 0 Å². The molecule has 1 aromatic carbocycles. The van der Waals surface area contributed by atoms with Gasteiger partial charge in [0.2, 0.25) is 0 Å².